The highest BCUT2D eigenvalue weighted by Gasteiger charge is 2.12. The molecule has 1 heterocycles. The monoisotopic (exact) mass is 233 g/mol. The van der Waals surface area contributed by atoms with E-state index in [9.17, 15) is 0 Å². The van der Waals surface area contributed by atoms with E-state index in [4.69, 9.17) is 4.74 Å². The van der Waals surface area contributed by atoms with Gasteiger partial charge in [0, 0.05) is 20.2 Å². The molecule has 0 aliphatic carbocycles. The van der Waals surface area contributed by atoms with Gasteiger partial charge in [-0.3, -0.25) is 7.05 Å². The smallest absolute Gasteiger partial charge is 0.0587 e. The van der Waals surface area contributed by atoms with Crippen LogP contribution in [0.1, 0.15) is 16.7 Å². The van der Waals surface area contributed by atoms with Crippen molar-refractivity contribution in [2.24, 2.45) is 0 Å². The normalized spacial score (nSPS) is 15.9. The molecule has 0 saturated heterocycles. The lowest BCUT2D eigenvalue weighted by Crippen LogP contribution is -2.27. The Morgan fingerprint density at radius 3 is 3.18 bits per heavy atom. The molecule has 0 spiro atoms. The quantitative estimate of drug-likeness (QED) is 0.617. The molecule has 1 N–H and O–H groups in total. The van der Waals surface area contributed by atoms with Gasteiger partial charge in [0.05, 0.1) is 6.61 Å². The second-order valence-corrected chi connectivity index (χ2v) is 4.53. The highest BCUT2D eigenvalue weighted by atomic mass is 16.5. The van der Waals surface area contributed by atoms with Gasteiger partial charge in [0.15, 0.2) is 0 Å². The average molecular weight is 233 g/mol. The van der Waals surface area contributed by atoms with Crippen molar-refractivity contribution in [1.29, 1.82) is 0 Å². The average Bonchev–Trinajstić information content (AvgIpc) is 2.34. The summed E-state index contributed by atoms with van der Waals surface area (Å²) in [6.45, 7) is 4.64. The largest absolute Gasteiger partial charge is 0.455 e. The van der Waals surface area contributed by atoms with Crippen molar-refractivity contribution in [2.45, 2.75) is 19.5 Å². The van der Waals surface area contributed by atoms with Crippen molar-refractivity contribution in [3.8, 4) is 0 Å². The van der Waals surface area contributed by atoms with Gasteiger partial charge in [-0.2, -0.15) is 0 Å². The predicted molar refractivity (Wildman–Crippen MR) is 69.5 cm³/mol. The van der Waals surface area contributed by atoms with Gasteiger partial charge in [0.2, 0.25) is 0 Å². The lowest BCUT2D eigenvalue weighted by atomic mass is 9.95. The van der Waals surface area contributed by atoms with Crippen LogP contribution in [0.5, 0.6) is 0 Å². The molecule has 17 heavy (non-hydrogen) atoms. The third kappa shape index (κ3) is 3.28. The molecule has 3 heteroatoms. The molecule has 0 radical (unpaired) electrons. The minimum Gasteiger partial charge on any atom is -0.455 e. The second kappa shape index (κ2) is 6.15. The maximum absolute atomic E-state index is 5.03. The Labute approximate surface area is 104 Å². The molecule has 3 nitrogen and oxygen atoms in total. The van der Waals surface area contributed by atoms with Crippen molar-refractivity contribution < 1.29 is 4.74 Å². The summed E-state index contributed by atoms with van der Waals surface area (Å²) in [4.78, 5) is 2.13. The first-order valence-corrected chi connectivity index (χ1v) is 6.16. The van der Waals surface area contributed by atoms with E-state index in [2.05, 4.69) is 35.5 Å². The van der Waals surface area contributed by atoms with Crippen LogP contribution in [-0.2, 0) is 24.2 Å². The molecule has 0 atom stereocenters. The molecule has 0 saturated carbocycles. The summed E-state index contributed by atoms with van der Waals surface area (Å²) in [6, 6.07) is 6.58. The fraction of sp³-hybridized carbons (Fsp3) is 0.500. The highest BCUT2D eigenvalue weighted by Crippen LogP contribution is 2.21. The summed E-state index contributed by atoms with van der Waals surface area (Å²) >= 11 is 0. The summed E-state index contributed by atoms with van der Waals surface area (Å²) in [6.07, 6.45) is 1.11. The fourth-order valence-electron chi connectivity index (χ4n) is 2.31. The van der Waals surface area contributed by atoms with Crippen molar-refractivity contribution in [2.75, 3.05) is 26.8 Å². The number of rotatable bonds is 5. The van der Waals surface area contributed by atoms with E-state index < -0.39 is 0 Å². The summed E-state index contributed by atoms with van der Waals surface area (Å²) in [5.41, 5.74) is 4.36. The molecular formula is C14H21N2O-. The van der Waals surface area contributed by atoms with Crippen LogP contribution in [0.25, 0.3) is 0 Å². The van der Waals surface area contributed by atoms with E-state index in [-0.39, 0.29) is 0 Å². The number of fused-ring (bicyclic) bond motifs is 1. The molecule has 0 unspecified atom stereocenters. The standard InChI is InChI=1S/C14H21N2O/c1-16-8-6-14-12(10-15-7-9-17-2)4-3-5-13(14)11-16/h3-5,15H,1,6-11H2,2H3/q-1. The van der Waals surface area contributed by atoms with Gasteiger partial charge >= 0.3 is 0 Å². The van der Waals surface area contributed by atoms with Crippen molar-refractivity contribution in [3.63, 3.8) is 0 Å². The summed E-state index contributed by atoms with van der Waals surface area (Å²) < 4.78 is 5.03. The van der Waals surface area contributed by atoms with Crippen LogP contribution in [0.15, 0.2) is 18.2 Å². The van der Waals surface area contributed by atoms with Crippen LogP contribution in [0.3, 0.4) is 0 Å². The molecule has 1 aromatic rings. The number of hydrogen-bond acceptors (Lipinski definition) is 3. The van der Waals surface area contributed by atoms with Crippen LogP contribution in [0.2, 0.25) is 0 Å². The Kier molecular flexibility index (Phi) is 4.54. The molecule has 2 rings (SSSR count). The van der Waals surface area contributed by atoms with E-state index in [1.807, 2.05) is 0 Å². The first-order chi connectivity index (χ1) is 8.31. The van der Waals surface area contributed by atoms with Gasteiger partial charge in [-0.05, 0) is 36.2 Å². The molecule has 1 aliphatic rings. The van der Waals surface area contributed by atoms with Crippen molar-refractivity contribution >= 4 is 0 Å². The van der Waals surface area contributed by atoms with Crippen molar-refractivity contribution in [3.05, 3.63) is 41.9 Å². The third-order valence-electron chi connectivity index (χ3n) is 3.24. The number of nitrogens with one attached hydrogen (secondary N) is 1. The molecule has 0 bridgehead atoms. The Morgan fingerprint density at radius 1 is 1.47 bits per heavy atom. The fourth-order valence-corrected chi connectivity index (χ4v) is 2.31. The van der Waals surface area contributed by atoms with E-state index in [1.54, 1.807) is 7.11 Å². The number of benzene rings is 1. The second-order valence-electron chi connectivity index (χ2n) is 4.53. The highest BCUT2D eigenvalue weighted by molar-refractivity contribution is 5.37. The summed E-state index contributed by atoms with van der Waals surface area (Å²) in [7, 11) is 5.74. The lowest BCUT2D eigenvalue weighted by Gasteiger charge is -2.32. The van der Waals surface area contributed by atoms with Crippen LogP contribution in [-0.4, -0.2) is 31.7 Å². The summed E-state index contributed by atoms with van der Waals surface area (Å²) in [5, 5.41) is 3.41. The molecule has 1 aromatic carbocycles. The first-order valence-electron chi connectivity index (χ1n) is 6.16. The number of methoxy groups -OCH3 is 1. The molecule has 0 fully saturated rings. The van der Waals surface area contributed by atoms with Crippen LogP contribution < -0.4 is 5.32 Å². The molecule has 0 aromatic heterocycles. The van der Waals surface area contributed by atoms with E-state index in [0.717, 1.165) is 39.2 Å². The first kappa shape index (κ1) is 12.6. The lowest BCUT2D eigenvalue weighted by molar-refractivity contribution is 0.199. The minimum absolute atomic E-state index is 0.766. The van der Waals surface area contributed by atoms with Gasteiger partial charge in [-0.25, -0.2) is 0 Å². The molecule has 94 valence electrons. The van der Waals surface area contributed by atoms with Crippen LogP contribution >= 0.6 is 0 Å². The molecular weight excluding hydrogens is 212 g/mol. The molecule has 1 aliphatic heterocycles. The predicted octanol–water partition coefficient (Wildman–Crippen LogP) is 1.57. The molecule has 0 amide bonds. The maximum Gasteiger partial charge on any atom is 0.0587 e. The van der Waals surface area contributed by atoms with Gasteiger partial charge in [0.25, 0.3) is 0 Å². The van der Waals surface area contributed by atoms with E-state index >= 15 is 0 Å². The number of ether oxygens (including phenoxy) is 1. The SMILES string of the molecule is [CH2-]N1CCc2c(CNCCOC)cccc2C1. The zero-order valence-corrected chi connectivity index (χ0v) is 10.5. The zero-order valence-electron chi connectivity index (χ0n) is 10.5. The topological polar surface area (TPSA) is 24.5 Å². The Balaban J connectivity index is 2.00. The minimum atomic E-state index is 0.766. The maximum atomic E-state index is 5.03. The van der Waals surface area contributed by atoms with Gasteiger partial charge in [-0.1, -0.05) is 18.2 Å². The van der Waals surface area contributed by atoms with E-state index in [1.165, 1.54) is 16.7 Å². The number of nitrogens with zero attached hydrogens (tertiary/aromatic N) is 1. The van der Waals surface area contributed by atoms with Crippen LogP contribution in [0, 0.1) is 7.05 Å². The third-order valence-corrected chi connectivity index (χ3v) is 3.24. The number of hydrogen-bond donors (Lipinski definition) is 1. The zero-order chi connectivity index (χ0) is 12.1. The van der Waals surface area contributed by atoms with Gasteiger partial charge in [-0.15, -0.1) is 0 Å². The van der Waals surface area contributed by atoms with E-state index in [0.29, 0.717) is 0 Å². The van der Waals surface area contributed by atoms with Crippen LogP contribution in [0.4, 0.5) is 0 Å². The summed E-state index contributed by atoms with van der Waals surface area (Å²) in [5.74, 6) is 0. The Hall–Kier alpha value is -0.900. The Bertz CT molecular complexity index is 365. The van der Waals surface area contributed by atoms with Crippen molar-refractivity contribution in [1.82, 2.24) is 10.2 Å². The Morgan fingerprint density at radius 2 is 2.35 bits per heavy atom. The van der Waals surface area contributed by atoms with Gasteiger partial charge < -0.3 is 15.0 Å². The van der Waals surface area contributed by atoms with Gasteiger partial charge in [0.1, 0.15) is 0 Å².